The highest BCUT2D eigenvalue weighted by molar-refractivity contribution is 9.10. The lowest BCUT2D eigenvalue weighted by Gasteiger charge is -2.06. The predicted octanol–water partition coefficient (Wildman–Crippen LogP) is 3.43. The van der Waals surface area contributed by atoms with Crippen molar-refractivity contribution < 1.29 is 4.79 Å². The zero-order valence-corrected chi connectivity index (χ0v) is 12.9. The summed E-state index contributed by atoms with van der Waals surface area (Å²) in [5.74, 6) is -0.121. The zero-order chi connectivity index (χ0) is 13.1. The van der Waals surface area contributed by atoms with Gasteiger partial charge in [0.2, 0.25) is 0 Å². The standard InChI is InChI=1S/C12H11BrN2OS2/c1-7-14-5-9(18-7)6-15-12(16)10-4-8(17)2-3-11(10)13/h2-5,17H,6H2,1H3,(H,15,16). The third kappa shape index (κ3) is 3.34. The van der Waals surface area contributed by atoms with Crippen LogP contribution in [-0.4, -0.2) is 10.9 Å². The molecule has 1 aromatic carbocycles. The molecule has 1 amide bonds. The van der Waals surface area contributed by atoms with E-state index >= 15 is 0 Å². The summed E-state index contributed by atoms with van der Waals surface area (Å²) in [5.41, 5.74) is 0.587. The number of halogens is 1. The molecule has 0 saturated carbocycles. The monoisotopic (exact) mass is 342 g/mol. The highest BCUT2D eigenvalue weighted by atomic mass is 79.9. The Morgan fingerprint density at radius 1 is 1.56 bits per heavy atom. The molecular formula is C12H11BrN2OS2. The van der Waals surface area contributed by atoms with Crippen molar-refractivity contribution in [1.82, 2.24) is 10.3 Å². The smallest absolute Gasteiger partial charge is 0.252 e. The highest BCUT2D eigenvalue weighted by Gasteiger charge is 2.10. The second kappa shape index (κ2) is 5.86. The molecule has 0 atom stereocenters. The Bertz CT molecular complexity index is 583. The van der Waals surface area contributed by atoms with Crippen LogP contribution in [0, 0.1) is 6.92 Å². The zero-order valence-electron chi connectivity index (χ0n) is 9.61. The molecule has 0 spiro atoms. The maximum Gasteiger partial charge on any atom is 0.252 e. The van der Waals surface area contributed by atoms with Gasteiger partial charge in [-0.15, -0.1) is 24.0 Å². The minimum absolute atomic E-state index is 0.121. The van der Waals surface area contributed by atoms with Gasteiger partial charge in [0.05, 0.1) is 17.1 Å². The molecule has 1 N–H and O–H groups in total. The Morgan fingerprint density at radius 2 is 2.33 bits per heavy atom. The number of carbonyl (C=O) groups excluding carboxylic acids is 1. The van der Waals surface area contributed by atoms with E-state index in [0.29, 0.717) is 12.1 Å². The summed E-state index contributed by atoms with van der Waals surface area (Å²) >= 11 is 9.17. The van der Waals surface area contributed by atoms with Crippen molar-refractivity contribution in [2.45, 2.75) is 18.4 Å². The first-order chi connectivity index (χ1) is 8.56. The first kappa shape index (κ1) is 13.6. The van der Waals surface area contributed by atoms with Crippen LogP contribution < -0.4 is 5.32 Å². The minimum Gasteiger partial charge on any atom is -0.347 e. The fourth-order valence-corrected chi connectivity index (χ4v) is 2.80. The summed E-state index contributed by atoms with van der Waals surface area (Å²) in [6.07, 6.45) is 1.78. The Morgan fingerprint density at radius 3 is 3.00 bits per heavy atom. The predicted molar refractivity (Wildman–Crippen MR) is 79.4 cm³/mol. The molecule has 0 fully saturated rings. The van der Waals surface area contributed by atoms with Crippen molar-refractivity contribution >= 4 is 45.8 Å². The van der Waals surface area contributed by atoms with Crippen molar-refractivity contribution in [1.29, 1.82) is 0 Å². The van der Waals surface area contributed by atoms with E-state index in [1.54, 1.807) is 23.6 Å². The number of rotatable bonds is 3. The molecule has 2 rings (SSSR count). The summed E-state index contributed by atoms with van der Waals surface area (Å²) in [7, 11) is 0. The van der Waals surface area contributed by atoms with Gasteiger partial charge in [0.15, 0.2) is 0 Å². The number of thiol groups is 1. The van der Waals surface area contributed by atoms with Crippen molar-refractivity contribution in [3.63, 3.8) is 0 Å². The van der Waals surface area contributed by atoms with Crippen LogP contribution in [0.5, 0.6) is 0 Å². The van der Waals surface area contributed by atoms with Gasteiger partial charge < -0.3 is 5.32 Å². The lowest BCUT2D eigenvalue weighted by molar-refractivity contribution is 0.0950. The number of aryl methyl sites for hydroxylation is 1. The molecule has 1 heterocycles. The van der Waals surface area contributed by atoms with E-state index in [2.05, 4.69) is 38.9 Å². The Hall–Kier alpha value is -0.850. The third-order valence-corrected chi connectivity index (χ3v) is 4.17. The van der Waals surface area contributed by atoms with Crippen LogP contribution in [0.15, 0.2) is 33.8 Å². The normalized spacial score (nSPS) is 10.4. The van der Waals surface area contributed by atoms with E-state index in [4.69, 9.17) is 0 Å². The number of nitrogens with one attached hydrogen (secondary N) is 1. The van der Waals surface area contributed by atoms with Gasteiger partial charge in [-0.1, -0.05) is 0 Å². The summed E-state index contributed by atoms with van der Waals surface area (Å²) in [6, 6.07) is 5.38. The largest absolute Gasteiger partial charge is 0.347 e. The number of carbonyl (C=O) groups is 1. The van der Waals surface area contributed by atoms with Crippen LogP contribution >= 0.6 is 39.9 Å². The first-order valence-electron chi connectivity index (χ1n) is 5.24. The van der Waals surface area contributed by atoms with Gasteiger partial charge in [0, 0.05) is 20.4 Å². The molecule has 0 radical (unpaired) electrons. The quantitative estimate of drug-likeness (QED) is 0.839. The summed E-state index contributed by atoms with van der Waals surface area (Å²) < 4.78 is 0.762. The maximum atomic E-state index is 12.0. The number of hydrogen-bond donors (Lipinski definition) is 2. The fraction of sp³-hybridized carbons (Fsp3) is 0.167. The van der Waals surface area contributed by atoms with Gasteiger partial charge in [0.25, 0.3) is 5.91 Å². The average molecular weight is 343 g/mol. The van der Waals surface area contributed by atoms with Gasteiger partial charge in [-0.05, 0) is 41.1 Å². The van der Waals surface area contributed by atoms with E-state index in [1.807, 2.05) is 19.1 Å². The Kier molecular flexibility index (Phi) is 4.42. The molecule has 3 nitrogen and oxygen atoms in total. The molecule has 0 aliphatic carbocycles. The van der Waals surface area contributed by atoms with Crippen LogP contribution in [0.1, 0.15) is 20.2 Å². The molecule has 0 aliphatic heterocycles. The van der Waals surface area contributed by atoms with Crippen LogP contribution in [0.25, 0.3) is 0 Å². The van der Waals surface area contributed by atoms with Gasteiger partial charge in [-0.3, -0.25) is 4.79 Å². The molecule has 0 aliphatic rings. The molecule has 6 heteroatoms. The maximum absolute atomic E-state index is 12.0. The van der Waals surface area contributed by atoms with Gasteiger partial charge in [-0.25, -0.2) is 4.98 Å². The van der Waals surface area contributed by atoms with Crippen LogP contribution in [-0.2, 0) is 6.54 Å². The number of aromatic nitrogens is 1. The Balaban J connectivity index is 2.05. The SMILES string of the molecule is Cc1ncc(CNC(=O)c2cc(S)ccc2Br)s1. The van der Waals surface area contributed by atoms with Crippen molar-refractivity contribution in [2.75, 3.05) is 0 Å². The molecule has 94 valence electrons. The van der Waals surface area contributed by atoms with Gasteiger partial charge in [0.1, 0.15) is 0 Å². The van der Waals surface area contributed by atoms with Gasteiger partial charge in [-0.2, -0.15) is 0 Å². The Labute approximate surface area is 123 Å². The number of nitrogens with zero attached hydrogens (tertiary/aromatic N) is 1. The second-order valence-corrected chi connectivity index (χ2v) is 6.38. The average Bonchev–Trinajstić information content (AvgIpc) is 2.75. The number of thiazole rings is 1. The molecule has 18 heavy (non-hydrogen) atoms. The number of amides is 1. The van der Waals surface area contributed by atoms with Crippen molar-refractivity contribution in [3.05, 3.63) is 44.3 Å². The lowest BCUT2D eigenvalue weighted by Crippen LogP contribution is -2.22. The van der Waals surface area contributed by atoms with E-state index in [-0.39, 0.29) is 5.91 Å². The lowest BCUT2D eigenvalue weighted by atomic mass is 10.2. The topological polar surface area (TPSA) is 42.0 Å². The van der Waals surface area contributed by atoms with Crippen molar-refractivity contribution in [3.8, 4) is 0 Å². The molecule has 2 aromatic rings. The van der Waals surface area contributed by atoms with Crippen LogP contribution in [0.3, 0.4) is 0 Å². The molecule has 1 aromatic heterocycles. The minimum atomic E-state index is -0.121. The van der Waals surface area contributed by atoms with E-state index in [0.717, 1.165) is 19.3 Å². The van der Waals surface area contributed by atoms with Crippen LogP contribution in [0.2, 0.25) is 0 Å². The number of hydrogen-bond acceptors (Lipinski definition) is 4. The van der Waals surface area contributed by atoms with E-state index in [9.17, 15) is 4.79 Å². The van der Waals surface area contributed by atoms with Crippen LogP contribution in [0.4, 0.5) is 0 Å². The van der Waals surface area contributed by atoms with Gasteiger partial charge >= 0.3 is 0 Å². The number of benzene rings is 1. The molecular weight excluding hydrogens is 332 g/mol. The summed E-state index contributed by atoms with van der Waals surface area (Å²) in [6.45, 7) is 2.44. The summed E-state index contributed by atoms with van der Waals surface area (Å²) in [4.78, 5) is 18.0. The van der Waals surface area contributed by atoms with Crippen molar-refractivity contribution in [2.24, 2.45) is 0 Å². The third-order valence-electron chi connectivity index (χ3n) is 2.29. The summed E-state index contributed by atoms with van der Waals surface area (Å²) in [5, 5.41) is 3.86. The molecule has 0 unspecified atom stereocenters. The van der Waals surface area contributed by atoms with E-state index < -0.39 is 0 Å². The first-order valence-corrected chi connectivity index (χ1v) is 7.30. The highest BCUT2D eigenvalue weighted by Crippen LogP contribution is 2.20. The second-order valence-electron chi connectivity index (χ2n) is 3.69. The van der Waals surface area contributed by atoms with E-state index in [1.165, 1.54) is 0 Å². The fourth-order valence-electron chi connectivity index (χ4n) is 1.44. The molecule has 0 saturated heterocycles. The molecule has 0 bridgehead atoms.